The molecule has 8 nitrogen and oxygen atoms in total. The highest BCUT2D eigenvalue weighted by molar-refractivity contribution is 7.99. The Morgan fingerprint density at radius 2 is 1.88 bits per heavy atom. The lowest BCUT2D eigenvalue weighted by atomic mass is 10.2. The zero-order valence-corrected chi connectivity index (χ0v) is 12.8. The van der Waals surface area contributed by atoms with Crippen LogP contribution in [-0.4, -0.2) is 32.9 Å². The first-order valence-electron chi connectivity index (χ1n) is 6.50. The topological polar surface area (TPSA) is 92.3 Å². The van der Waals surface area contributed by atoms with Crippen LogP contribution in [0.1, 0.15) is 5.82 Å². The van der Waals surface area contributed by atoms with Crippen LogP contribution in [0.3, 0.4) is 0 Å². The van der Waals surface area contributed by atoms with E-state index in [9.17, 15) is 23.3 Å². The summed E-state index contributed by atoms with van der Waals surface area (Å²) in [5.41, 5.74) is -0.319. The second-order valence-electron chi connectivity index (χ2n) is 4.69. The molecule has 2 heterocycles. The van der Waals surface area contributed by atoms with E-state index in [-0.39, 0.29) is 40.5 Å². The largest absolute Gasteiger partial charge is 0.486 e. The number of benzene rings is 1. The third-order valence-corrected chi connectivity index (χ3v) is 4.20. The van der Waals surface area contributed by atoms with Gasteiger partial charge >= 0.3 is 6.18 Å². The van der Waals surface area contributed by atoms with E-state index in [1.807, 2.05) is 0 Å². The minimum Gasteiger partial charge on any atom is -0.486 e. The van der Waals surface area contributed by atoms with Crippen LogP contribution in [0.15, 0.2) is 22.2 Å². The van der Waals surface area contributed by atoms with E-state index in [1.54, 1.807) is 0 Å². The Kier molecular flexibility index (Phi) is 3.99. The first-order chi connectivity index (χ1) is 11.3. The van der Waals surface area contributed by atoms with Crippen molar-refractivity contribution in [2.75, 3.05) is 13.2 Å². The average Bonchev–Trinajstić information content (AvgIpc) is 2.87. The van der Waals surface area contributed by atoms with Gasteiger partial charge in [0.15, 0.2) is 16.7 Å². The molecule has 2 aromatic rings. The van der Waals surface area contributed by atoms with E-state index >= 15 is 0 Å². The summed E-state index contributed by atoms with van der Waals surface area (Å²) in [6.45, 7) is 0.534. The standard InChI is InChI=1S/C12H9F3N4O4S/c1-18-10(12(13,14)15)16-17-11(18)24-9-5-8-7(22-2-3-23-8)4-6(9)19(20)21/h4-5H,2-3H2,1H3. The molecule has 24 heavy (non-hydrogen) atoms. The molecule has 12 heteroatoms. The Balaban J connectivity index is 2.01. The van der Waals surface area contributed by atoms with Gasteiger partial charge in [-0.3, -0.25) is 10.1 Å². The first-order valence-corrected chi connectivity index (χ1v) is 7.31. The van der Waals surface area contributed by atoms with Gasteiger partial charge in [0.25, 0.3) is 5.69 Å². The monoisotopic (exact) mass is 362 g/mol. The molecule has 0 bridgehead atoms. The van der Waals surface area contributed by atoms with Crippen LogP contribution >= 0.6 is 11.8 Å². The fraction of sp³-hybridized carbons (Fsp3) is 0.333. The number of hydrogen-bond acceptors (Lipinski definition) is 7. The van der Waals surface area contributed by atoms with Crippen molar-refractivity contribution < 1.29 is 27.6 Å². The van der Waals surface area contributed by atoms with Gasteiger partial charge in [0.1, 0.15) is 13.2 Å². The minimum absolute atomic E-state index is 0.0773. The van der Waals surface area contributed by atoms with Gasteiger partial charge in [0, 0.05) is 13.1 Å². The van der Waals surface area contributed by atoms with E-state index < -0.39 is 16.9 Å². The van der Waals surface area contributed by atoms with Gasteiger partial charge < -0.3 is 14.0 Å². The molecular formula is C12H9F3N4O4S. The smallest absolute Gasteiger partial charge is 0.451 e. The predicted molar refractivity (Wildman–Crippen MR) is 74.2 cm³/mol. The Morgan fingerprint density at radius 3 is 2.42 bits per heavy atom. The zero-order valence-electron chi connectivity index (χ0n) is 12.0. The van der Waals surface area contributed by atoms with Crippen LogP contribution in [0, 0.1) is 10.1 Å². The third-order valence-electron chi connectivity index (χ3n) is 3.11. The van der Waals surface area contributed by atoms with Crippen molar-refractivity contribution in [2.45, 2.75) is 16.2 Å². The van der Waals surface area contributed by atoms with Crippen molar-refractivity contribution in [2.24, 2.45) is 7.05 Å². The predicted octanol–water partition coefficient (Wildman–Crippen LogP) is 2.66. The third kappa shape index (κ3) is 2.96. The van der Waals surface area contributed by atoms with E-state index in [1.165, 1.54) is 12.1 Å². The van der Waals surface area contributed by atoms with Crippen LogP contribution < -0.4 is 9.47 Å². The molecule has 0 spiro atoms. The molecule has 0 saturated carbocycles. The van der Waals surface area contributed by atoms with E-state index in [0.29, 0.717) is 11.8 Å². The summed E-state index contributed by atoms with van der Waals surface area (Å²) in [4.78, 5) is 10.6. The van der Waals surface area contributed by atoms with Crippen LogP contribution in [-0.2, 0) is 13.2 Å². The lowest BCUT2D eigenvalue weighted by molar-refractivity contribution is -0.387. The number of halogens is 3. The second kappa shape index (κ2) is 5.85. The number of nitrogens with zero attached hydrogens (tertiary/aromatic N) is 4. The number of fused-ring (bicyclic) bond motifs is 1. The number of ether oxygens (including phenoxy) is 2. The molecule has 1 aliphatic heterocycles. The van der Waals surface area contributed by atoms with Gasteiger partial charge in [-0.15, -0.1) is 10.2 Å². The van der Waals surface area contributed by atoms with Crippen molar-refractivity contribution in [3.05, 3.63) is 28.1 Å². The average molecular weight is 362 g/mol. The summed E-state index contributed by atoms with van der Waals surface area (Å²) in [5, 5.41) is 17.6. The molecule has 1 aliphatic rings. The van der Waals surface area contributed by atoms with E-state index in [0.717, 1.165) is 11.6 Å². The number of aromatic nitrogens is 3. The van der Waals surface area contributed by atoms with E-state index in [4.69, 9.17) is 9.47 Å². The summed E-state index contributed by atoms with van der Waals surface area (Å²) in [7, 11) is 1.13. The van der Waals surface area contributed by atoms with Crippen LogP contribution in [0.5, 0.6) is 11.5 Å². The number of hydrogen-bond donors (Lipinski definition) is 0. The van der Waals surface area contributed by atoms with Gasteiger partial charge in [-0.05, 0) is 11.8 Å². The molecule has 0 N–H and O–H groups in total. The molecule has 0 amide bonds. The summed E-state index contributed by atoms with van der Waals surface area (Å²) in [6.07, 6.45) is -4.67. The maximum absolute atomic E-state index is 12.8. The molecule has 0 atom stereocenters. The van der Waals surface area contributed by atoms with Crippen molar-refractivity contribution in [1.82, 2.24) is 14.8 Å². The molecule has 0 aliphatic carbocycles. The van der Waals surface area contributed by atoms with Crippen molar-refractivity contribution in [3.63, 3.8) is 0 Å². The zero-order chi connectivity index (χ0) is 17.5. The number of rotatable bonds is 3. The number of nitro benzene ring substituents is 1. The maximum atomic E-state index is 12.8. The normalized spacial score (nSPS) is 13.8. The van der Waals surface area contributed by atoms with Gasteiger partial charge in [-0.25, -0.2) is 0 Å². The summed E-state index contributed by atoms with van der Waals surface area (Å²) < 4.78 is 49.6. The van der Waals surface area contributed by atoms with E-state index in [2.05, 4.69) is 10.2 Å². The molecule has 128 valence electrons. The molecular weight excluding hydrogens is 353 g/mol. The lowest BCUT2D eigenvalue weighted by Crippen LogP contribution is -2.15. The van der Waals surface area contributed by atoms with Crippen molar-refractivity contribution in [3.8, 4) is 11.5 Å². The fourth-order valence-electron chi connectivity index (χ4n) is 2.03. The quantitative estimate of drug-likeness (QED) is 0.612. The SMILES string of the molecule is Cn1c(Sc2cc3c(cc2[N+](=O)[O-])OCCO3)nnc1C(F)(F)F. The summed E-state index contributed by atoms with van der Waals surface area (Å²) in [6, 6.07) is 2.52. The van der Waals surface area contributed by atoms with Crippen LogP contribution in [0.2, 0.25) is 0 Å². The van der Waals surface area contributed by atoms with Gasteiger partial charge in [-0.2, -0.15) is 13.2 Å². The molecule has 0 radical (unpaired) electrons. The van der Waals surface area contributed by atoms with Crippen LogP contribution in [0.4, 0.5) is 18.9 Å². The van der Waals surface area contributed by atoms with Crippen LogP contribution in [0.25, 0.3) is 0 Å². The highest BCUT2D eigenvalue weighted by Crippen LogP contribution is 2.43. The van der Waals surface area contributed by atoms with Crippen molar-refractivity contribution in [1.29, 1.82) is 0 Å². The van der Waals surface area contributed by atoms with Crippen molar-refractivity contribution >= 4 is 17.4 Å². The second-order valence-corrected chi connectivity index (χ2v) is 5.69. The Hall–Kier alpha value is -2.50. The molecule has 3 rings (SSSR count). The van der Waals surface area contributed by atoms with Gasteiger partial charge in [-0.1, -0.05) is 0 Å². The highest BCUT2D eigenvalue weighted by atomic mass is 32.2. The first kappa shape index (κ1) is 16.4. The summed E-state index contributed by atoms with van der Waals surface area (Å²) >= 11 is 0.691. The Labute approximate surface area is 136 Å². The molecule has 0 saturated heterocycles. The summed E-state index contributed by atoms with van der Waals surface area (Å²) in [5.74, 6) is -0.691. The lowest BCUT2D eigenvalue weighted by Gasteiger charge is -2.18. The molecule has 1 aromatic carbocycles. The number of nitro groups is 1. The molecule has 0 unspecified atom stereocenters. The maximum Gasteiger partial charge on any atom is 0.451 e. The highest BCUT2D eigenvalue weighted by Gasteiger charge is 2.38. The minimum atomic E-state index is -4.67. The Bertz CT molecular complexity index is 808. The molecule has 0 fully saturated rings. The fourth-order valence-corrected chi connectivity index (χ4v) is 2.94. The number of alkyl halides is 3. The molecule has 1 aromatic heterocycles. The van der Waals surface area contributed by atoms with Gasteiger partial charge in [0.2, 0.25) is 5.82 Å². The Morgan fingerprint density at radius 1 is 1.25 bits per heavy atom. The van der Waals surface area contributed by atoms with Gasteiger partial charge in [0.05, 0.1) is 15.9 Å².